The Balaban J connectivity index is 0.00000320. The normalized spacial score (nSPS) is 12.1. The van der Waals surface area contributed by atoms with Crippen LogP contribution in [-0.4, -0.2) is 40.3 Å². The number of nitrogens with one attached hydrogen (secondary N) is 2. The second kappa shape index (κ2) is 13.0. The van der Waals surface area contributed by atoms with Gasteiger partial charge in [0, 0.05) is 37.9 Å². The van der Waals surface area contributed by atoms with Gasteiger partial charge in [-0.3, -0.25) is 0 Å². The molecule has 1 atom stereocenters. The molecule has 0 aliphatic carbocycles. The zero-order chi connectivity index (χ0) is 20.3. The number of benzene rings is 2. The van der Waals surface area contributed by atoms with Gasteiger partial charge < -0.3 is 20.3 Å². The van der Waals surface area contributed by atoms with E-state index >= 15 is 0 Å². The smallest absolute Gasteiger partial charge is 0.191 e. The van der Waals surface area contributed by atoms with Crippen molar-refractivity contribution in [2.24, 2.45) is 4.99 Å². The molecular weight excluding hydrogens is 489 g/mol. The van der Waals surface area contributed by atoms with Crippen molar-refractivity contribution in [2.45, 2.75) is 25.9 Å². The Morgan fingerprint density at radius 3 is 2.60 bits per heavy atom. The van der Waals surface area contributed by atoms with Crippen LogP contribution in [-0.2, 0) is 13.1 Å². The van der Waals surface area contributed by atoms with Crippen molar-refractivity contribution in [3.63, 3.8) is 0 Å². The summed E-state index contributed by atoms with van der Waals surface area (Å²) in [6.45, 7) is 4.92. The highest BCUT2D eigenvalue weighted by molar-refractivity contribution is 14.0. The largest absolute Gasteiger partial charge is 0.396 e. The SMILES string of the molecule is CCNC(=NCc1cccc(Cn2ccnc2)c1)NCC(CO)c1ccccc1.I. The first kappa shape index (κ1) is 23.9. The van der Waals surface area contributed by atoms with Gasteiger partial charge in [0.1, 0.15) is 0 Å². The summed E-state index contributed by atoms with van der Waals surface area (Å²) in [4.78, 5) is 8.81. The number of imidazole rings is 1. The van der Waals surface area contributed by atoms with Gasteiger partial charge in [-0.2, -0.15) is 0 Å². The Hall–Kier alpha value is -2.39. The lowest BCUT2D eigenvalue weighted by molar-refractivity contribution is 0.265. The van der Waals surface area contributed by atoms with Crippen LogP contribution in [0.15, 0.2) is 78.3 Å². The third-order valence-corrected chi connectivity index (χ3v) is 4.69. The molecule has 0 saturated heterocycles. The van der Waals surface area contributed by atoms with Crippen LogP contribution in [0, 0.1) is 0 Å². The highest BCUT2D eigenvalue weighted by atomic mass is 127. The number of rotatable bonds is 9. The summed E-state index contributed by atoms with van der Waals surface area (Å²) < 4.78 is 2.05. The van der Waals surface area contributed by atoms with Crippen LogP contribution in [0.2, 0.25) is 0 Å². The standard InChI is InChI=1S/C23H29N5O.HI/c1-2-25-23(27-15-22(17-29)21-9-4-3-5-10-21)26-14-19-7-6-8-20(13-19)16-28-12-11-24-18-28;/h3-13,18,22,29H,2,14-17H2,1H3,(H2,25,26,27);1H. The third kappa shape index (κ3) is 7.46. The van der Waals surface area contributed by atoms with Crippen LogP contribution in [0.1, 0.15) is 29.5 Å². The molecule has 3 aromatic rings. The number of halogens is 1. The fraction of sp³-hybridized carbons (Fsp3) is 0.304. The molecule has 7 heteroatoms. The summed E-state index contributed by atoms with van der Waals surface area (Å²) in [6.07, 6.45) is 5.57. The molecule has 1 aromatic heterocycles. The molecule has 0 fully saturated rings. The monoisotopic (exact) mass is 519 g/mol. The van der Waals surface area contributed by atoms with E-state index in [4.69, 9.17) is 4.99 Å². The van der Waals surface area contributed by atoms with Crippen LogP contribution in [0.25, 0.3) is 0 Å². The van der Waals surface area contributed by atoms with Crippen molar-refractivity contribution in [3.8, 4) is 0 Å². The van der Waals surface area contributed by atoms with E-state index in [2.05, 4.69) is 39.9 Å². The van der Waals surface area contributed by atoms with Gasteiger partial charge in [0.15, 0.2) is 5.96 Å². The zero-order valence-electron chi connectivity index (χ0n) is 17.2. The van der Waals surface area contributed by atoms with Gasteiger partial charge in [-0.15, -0.1) is 24.0 Å². The molecule has 6 nitrogen and oxygen atoms in total. The van der Waals surface area contributed by atoms with Crippen molar-refractivity contribution < 1.29 is 5.11 Å². The molecule has 0 amide bonds. The maximum absolute atomic E-state index is 9.76. The topological polar surface area (TPSA) is 74.5 Å². The van der Waals surface area contributed by atoms with E-state index in [9.17, 15) is 5.11 Å². The molecule has 0 bridgehead atoms. The van der Waals surface area contributed by atoms with Crippen LogP contribution in [0.4, 0.5) is 0 Å². The molecule has 0 radical (unpaired) electrons. The Labute approximate surface area is 195 Å². The predicted molar refractivity (Wildman–Crippen MR) is 132 cm³/mol. The van der Waals surface area contributed by atoms with E-state index in [0.29, 0.717) is 13.1 Å². The van der Waals surface area contributed by atoms with Crippen LogP contribution < -0.4 is 10.6 Å². The first-order chi connectivity index (χ1) is 14.3. The van der Waals surface area contributed by atoms with Crippen molar-refractivity contribution in [3.05, 3.63) is 90.0 Å². The second-order valence-electron chi connectivity index (χ2n) is 6.92. The summed E-state index contributed by atoms with van der Waals surface area (Å²) >= 11 is 0. The number of aliphatic hydroxyl groups excluding tert-OH is 1. The van der Waals surface area contributed by atoms with E-state index in [1.165, 1.54) is 5.56 Å². The summed E-state index contributed by atoms with van der Waals surface area (Å²) in [5, 5.41) is 16.4. The minimum atomic E-state index is 0. The lowest BCUT2D eigenvalue weighted by atomic mass is 10.0. The highest BCUT2D eigenvalue weighted by Gasteiger charge is 2.10. The van der Waals surface area contributed by atoms with Gasteiger partial charge in [-0.05, 0) is 23.6 Å². The summed E-state index contributed by atoms with van der Waals surface area (Å²) in [5.41, 5.74) is 3.49. The molecule has 1 unspecified atom stereocenters. The van der Waals surface area contributed by atoms with Gasteiger partial charge >= 0.3 is 0 Å². The molecule has 0 aliphatic heterocycles. The van der Waals surface area contributed by atoms with E-state index in [1.54, 1.807) is 6.20 Å². The number of hydrogen-bond acceptors (Lipinski definition) is 3. The molecule has 3 N–H and O–H groups in total. The van der Waals surface area contributed by atoms with Gasteiger partial charge in [0.05, 0.1) is 19.5 Å². The maximum atomic E-state index is 9.76. The minimum absolute atomic E-state index is 0. The number of nitrogens with zero attached hydrogens (tertiary/aromatic N) is 3. The predicted octanol–water partition coefficient (Wildman–Crippen LogP) is 3.38. The third-order valence-electron chi connectivity index (χ3n) is 4.69. The fourth-order valence-electron chi connectivity index (χ4n) is 3.16. The van der Waals surface area contributed by atoms with Gasteiger partial charge in [0.2, 0.25) is 0 Å². The van der Waals surface area contributed by atoms with Crippen molar-refractivity contribution >= 4 is 29.9 Å². The van der Waals surface area contributed by atoms with Gasteiger partial charge in [-0.1, -0.05) is 54.6 Å². The summed E-state index contributed by atoms with van der Waals surface area (Å²) in [6, 6.07) is 18.5. The van der Waals surface area contributed by atoms with E-state index in [0.717, 1.165) is 30.2 Å². The summed E-state index contributed by atoms with van der Waals surface area (Å²) in [5.74, 6) is 0.778. The molecule has 0 spiro atoms. The van der Waals surface area contributed by atoms with E-state index in [-0.39, 0.29) is 36.5 Å². The number of guanidine groups is 1. The maximum Gasteiger partial charge on any atom is 0.191 e. The highest BCUT2D eigenvalue weighted by Crippen LogP contribution is 2.13. The molecule has 2 aromatic carbocycles. The number of hydrogen-bond donors (Lipinski definition) is 3. The average Bonchev–Trinajstić information content (AvgIpc) is 3.26. The van der Waals surface area contributed by atoms with Crippen LogP contribution >= 0.6 is 24.0 Å². The molecular formula is C23H30IN5O. The molecule has 3 rings (SSSR count). The molecule has 30 heavy (non-hydrogen) atoms. The molecule has 0 saturated carbocycles. The molecule has 0 aliphatic rings. The number of aliphatic imine (C=N–C) groups is 1. The Morgan fingerprint density at radius 2 is 1.90 bits per heavy atom. The van der Waals surface area contributed by atoms with Crippen molar-refractivity contribution in [1.29, 1.82) is 0 Å². The minimum Gasteiger partial charge on any atom is -0.396 e. The Morgan fingerprint density at radius 1 is 1.10 bits per heavy atom. The molecule has 1 heterocycles. The lowest BCUT2D eigenvalue weighted by Crippen LogP contribution is -2.39. The average molecular weight is 519 g/mol. The Kier molecular flexibility index (Phi) is 10.4. The fourth-order valence-corrected chi connectivity index (χ4v) is 3.16. The number of aromatic nitrogens is 2. The van der Waals surface area contributed by atoms with E-state index < -0.39 is 0 Å². The van der Waals surface area contributed by atoms with Crippen molar-refractivity contribution in [1.82, 2.24) is 20.2 Å². The second-order valence-corrected chi connectivity index (χ2v) is 6.92. The first-order valence-corrected chi connectivity index (χ1v) is 10.00. The van der Waals surface area contributed by atoms with Crippen molar-refractivity contribution in [2.75, 3.05) is 19.7 Å². The lowest BCUT2D eigenvalue weighted by Gasteiger charge is -2.18. The zero-order valence-corrected chi connectivity index (χ0v) is 19.6. The van der Waals surface area contributed by atoms with E-state index in [1.807, 2.05) is 54.3 Å². The summed E-state index contributed by atoms with van der Waals surface area (Å²) in [7, 11) is 0. The van der Waals surface area contributed by atoms with Gasteiger partial charge in [-0.25, -0.2) is 9.98 Å². The van der Waals surface area contributed by atoms with Crippen LogP contribution in [0.5, 0.6) is 0 Å². The number of aliphatic hydroxyl groups is 1. The van der Waals surface area contributed by atoms with Gasteiger partial charge in [0.25, 0.3) is 0 Å². The quantitative estimate of drug-likeness (QED) is 0.230. The first-order valence-electron chi connectivity index (χ1n) is 10.00. The Bertz CT molecular complexity index is 884. The van der Waals surface area contributed by atoms with Crippen LogP contribution in [0.3, 0.4) is 0 Å². The molecule has 160 valence electrons.